The Morgan fingerprint density at radius 1 is 1.58 bits per heavy atom. The Labute approximate surface area is 78.7 Å². The zero-order valence-electron chi connectivity index (χ0n) is 8.02. The molecule has 0 saturated heterocycles. The van der Waals surface area contributed by atoms with E-state index in [0.717, 1.165) is 13.1 Å². The third kappa shape index (κ3) is 6.49. The fourth-order valence-corrected chi connectivity index (χ4v) is 1.00. The monoisotopic (exact) mass is 190 g/mol. The van der Waals surface area contributed by atoms with Crippen molar-refractivity contribution in [3.63, 3.8) is 0 Å². The molecule has 0 heterocycles. The second kappa shape index (κ2) is 7.43. The van der Waals surface area contributed by atoms with Crippen molar-refractivity contribution in [2.75, 3.05) is 26.4 Å². The van der Waals surface area contributed by atoms with Crippen LogP contribution in [0.5, 0.6) is 0 Å². The van der Waals surface area contributed by atoms with E-state index < -0.39 is 0 Å². The van der Waals surface area contributed by atoms with Crippen molar-refractivity contribution in [2.45, 2.75) is 18.6 Å². The number of rotatable bonds is 6. The molecule has 0 aliphatic rings. The van der Waals surface area contributed by atoms with E-state index in [-0.39, 0.29) is 5.91 Å². The summed E-state index contributed by atoms with van der Waals surface area (Å²) in [6.45, 7) is 3.90. The second-order valence-corrected chi connectivity index (χ2v) is 3.95. The molecule has 1 atom stereocenters. The van der Waals surface area contributed by atoms with Crippen LogP contribution in [0.1, 0.15) is 13.3 Å². The van der Waals surface area contributed by atoms with Crippen LogP contribution < -0.4 is 10.6 Å². The number of nitrogens with one attached hydrogen (secondary N) is 2. The van der Waals surface area contributed by atoms with Crippen LogP contribution in [0.4, 0.5) is 0 Å². The van der Waals surface area contributed by atoms with Gasteiger partial charge in [0.25, 0.3) is 0 Å². The van der Waals surface area contributed by atoms with Crippen molar-refractivity contribution in [1.82, 2.24) is 10.6 Å². The van der Waals surface area contributed by atoms with Gasteiger partial charge in [0.05, 0.1) is 0 Å². The topological polar surface area (TPSA) is 41.1 Å². The van der Waals surface area contributed by atoms with E-state index in [1.807, 2.05) is 11.8 Å². The Morgan fingerprint density at radius 2 is 2.25 bits per heavy atom. The van der Waals surface area contributed by atoms with Crippen LogP contribution in [0.2, 0.25) is 0 Å². The van der Waals surface area contributed by atoms with Gasteiger partial charge in [-0.05, 0) is 6.26 Å². The summed E-state index contributed by atoms with van der Waals surface area (Å²) in [7, 11) is 1.66. The summed E-state index contributed by atoms with van der Waals surface area (Å²) in [6.07, 6.45) is 2.66. The minimum absolute atomic E-state index is 0.0966. The van der Waals surface area contributed by atoms with Crippen LogP contribution in [0.25, 0.3) is 0 Å². The van der Waals surface area contributed by atoms with Gasteiger partial charge in [0.2, 0.25) is 5.91 Å². The van der Waals surface area contributed by atoms with Crippen molar-refractivity contribution >= 4 is 17.7 Å². The summed E-state index contributed by atoms with van der Waals surface area (Å²) in [6, 6.07) is 0. The van der Waals surface area contributed by atoms with Crippen LogP contribution in [0, 0.1) is 0 Å². The van der Waals surface area contributed by atoms with E-state index in [1.54, 1.807) is 7.05 Å². The van der Waals surface area contributed by atoms with Crippen molar-refractivity contribution in [3.05, 3.63) is 0 Å². The first kappa shape index (κ1) is 11.8. The molecule has 0 fully saturated rings. The fourth-order valence-electron chi connectivity index (χ4n) is 0.716. The average Bonchev–Trinajstić information content (AvgIpc) is 2.11. The summed E-state index contributed by atoms with van der Waals surface area (Å²) in [5, 5.41) is 6.42. The van der Waals surface area contributed by atoms with Gasteiger partial charge >= 0.3 is 0 Å². The number of carbonyl (C=O) groups excluding carboxylic acids is 1. The summed E-state index contributed by atoms with van der Waals surface area (Å²) in [5.41, 5.74) is 0. The van der Waals surface area contributed by atoms with Gasteiger partial charge in [-0.1, -0.05) is 6.92 Å². The molecule has 0 aromatic rings. The Morgan fingerprint density at radius 3 is 2.75 bits per heavy atom. The smallest absolute Gasteiger partial charge is 0.221 e. The second-order valence-electron chi connectivity index (χ2n) is 2.67. The molecule has 0 aliphatic carbocycles. The van der Waals surface area contributed by atoms with Crippen molar-refractivity contribution in [2.24, 2.45) is 0 Å². The molecule has 0 radical (unpaired) electrons. The number of hydrogen-bond acceptors (Lipinski definition) is 3. The quantitative estimate of drug-likeness (QED) is 0.598. The molecule has 12 heavy (non-hydrogen) atoms. The number of hydrogen-bond donors (Lipinski definition) is 2. The van der Waals surface area contributed by atoms with Gasteiger partial charge in [0.15, 0.2) is 0 Å². The maximum atomic E-state index is 10.8. The summed E-state index contributed by atoms with van der Waals surface area (Å²) < 4.78 is 0. The van der Waals surface area contributed by atoms with E-state index in [9.17, 15) is 4.79 Å². The van der Waals surface area contributed by atoms with Gasteiger partial charge in [-0.3, -0.25) is 4.79 Å². The van der Waals surface area contributed by atoms with Crippen molar-refractivity contribution < 1.29 is 4.79 Å². The van der Waals surface area contributed by atoms with Crippen LogP contribution in [0.3, 0.4) is 0 Å². The Kier molecular flexibility index (Phi) is 7.29. The first-order valence-electron chi connectivity index (χ1n) is 4.14. The molecule has 0 aromatic carbocycles. The third-order valence-corrected chi connectivity index (χ3v) is 2.61. The maximum Gasteiger partial charge on any atom is 0.221 e. The Balaban J connectivity index is 3.15. The van der Waals surface area contributed by atoms with E-state index >= 15 is 0 Å². The van der Waals surface area contributed by atoms with Gasteiger partial charge in [-0.25, -0.2) is 0 Å². The molecule has 2 N–H and O–H groups in total. The molecule has 0 aliphatic heterocycles. The number of carbonyl (C=O) groups is 1. The maximum absolute atomic E-state index is 10.8. The molecule has 72 valence electrons. The predicted octanol–water partition coefficient (Wildman–Crippen LogP) is 0.464. The molecule has 0 aromatic heterocycles. The van der Waals surface area contributed by atoms with Crippen molar-refractivity contribution in [1.29, 1.82) is 0 Å². The van der Waals surface area contributed by atoms with E-state index in [4.69, 9.17) is 0 Å². The minimum Gasteiger partial charge on any atom is -0.359 e. The van der Waals surface area contributed by atoms with Gasteiger partial charge < -0.3 is 10.6 Å². The molecular weight excluding hydrogens is 172 g/mol. The molecular formula is C8H18N2OS. The molecule has 1 unspecified atom stereocenters. The van der Waals surface area contributed by atoms with Crippen molar-refractivity contribution in [3.8, 4) is 0 Å². The van der Waals surface area contributed by atoms with Gasteiger partial charge in [-0.2, -0.15) is 11.8 Å². The zero-order valence-corrected chi connectivity index (χ0v) is 8.83. The molecule has 0 saturated carbocycles. The lowest BCUT2D eigenvalue weighted by Crippen LogP contribution is -2.28. The van der Waals surface area contributed by atoms with Crippen LogP contribution >= 0.6 is 11.8 Å². The standard InChI is InChI=1S/C8H18N2OS/c1-7(12-3)6-10-5-4-8(11)9-2/h7,10H,4-6H2,1-3H3,(H,9,11). The lowest BCUT2D eigenvalue weighted by molar-refractivity contribution is -0.120. The lowest BCUT2D eigenvalue weighted by atomic mass is 10.4. The van der Waals surface area contributed by atoms with Crippen LogP contribution in [0.15, 0.2) is 0 Å². The molecule has 1 amide bonds. The Hall–Kier alpha value is -0.220. The lowest BCUT2D eigenvalue weighted by Gasteiger charge is -2.08. The summed E-state index contributed by atoms with van der Waals surface area (Å²) in [4.78, 5) is 10.8. The minimum atomic E-state index is 0.0966. The molecule has 0 rings (SSSR count). The average molecular weight is 190 g/mol. The highest BCUT2D eigenvalue weighted by Gasteiger charge is 1.99. The molecule has 3 nitrogen and oxygen atoms in total. The number of thioether (sulfide) groups is 1. The largest absolute Gasteiger partial charge is 0.359 e. The predicted molar refractivity (Wildman–Crippen MR) is 54.5 cm³/mol. The van der Waals surface area contributed by atoms with Gasteiger partial charge in [0.1, 0.15) is 0 Å². The van der Waals surface area contributed by atoms with Crippen LogP contribution in [-0.4, -0.2) is 37.6 Å². The third-order valence-electron chi connectivity index (χ3n) is 1.64. The SMILES string of the molecule is CNC(=O)CCNCC(C)SC. The highest BCUT2D eigenvalue weighted by atomic mass is 32.2. The summed E-state index contributed by atoms with van der Waals surface area (Å²) >= 11 is 1.83. The number of amides is 1. The fraction of sp³-hybridized carbons (Fsp3) is 0.875. The zero-order chi connectivity index (χ0) is 9.40. The molecule has 0 bridgehead atoms. The Bertz CT molecular complexity index is 130. The van der Waals surface area contributed by atoms with Gasteiger partial charge in [-0.15, -0.1) is 0 Å². The first-order valence-corrected chi connectivity index (χ1v) is 5.43. The first-order chi connectivity index (χ1) is 5.70. The van der Waals surface area contributed by atoms with E-state index in [0.29, 0.717) is 11.7 Å². The van der Waals surface area contributed by atoms with Crippen LogP contribution in [-0.2, 0) is 4.79 Å². The normalized spacial score (nSPS) is 12.6. The van der Waals surface area contributed by atoms with E-state index in [1.165, 1.54) is 0 Å². The van der Waals surface area contributed by atoms with Gasteiger partial charge in [0, 0.05) is 31.8 Å². The molecule has 4 heteroatoms. The highest BCUT2D eigenvalue weighted by molar-refractivity contribution is 7.99. The molecule has 0 spiro atoms. The summed E-state index contributed by atoms with van der Waals surface area (Å²) in [5.74, 6) is 0.0966. The van der Waals surface area contributed by atoms with E-state index in [2.05, 4.69) is 23.8 Å². The highest BCUT2D eigenvalue weighted by Crippen LogP contribution is 2.01.